The minimum absolute atomic E-state index is 0.252. The molecule has 2 aliphatic rings. The second kappa shape index (κ2) is 5.92. The molecule has 2 unspecified atom stereocenters. The summed E-state index contributed by atoms with van der Waals surface area (Å²) in [6.07, 6.45) is 1.86. The molecule has 3 rings (SSSR count). The molecule has 6 nitrogen and oxygen atoms in total. The van der Waals surface area contributed by atoms with Gasteiger partial charge in [0.25, 0.3) is 10.2 Å². The molecule has 1 fully saturated rings. The monoisotopic (exact) mass is 311 g/mol. The number of rotatable bonds is 4. The molecule has 7 heteroatoms. The van der Waals surface area contributed by atoms with E-state index in [-0.39, 0.29) is 12.0 Å². The fourth-order valence-corrected chi connectivity index (χ4v) is 4.43. The van der Waals surface area contributed by atoms with Crippen molar-refractivity contribution in [2.24, 2.45) is 11.7 Å². The minimum atomic E-state index is -3.50. The lowest BCUT2D eigenvalue weighted by atomic mass is 10.0. The van der Waals surface area contributed by atoms with Crippen LogP contribution >= 0.6 is 0 Å². The second-order valence-corrected chi connectivity index (χ2v) is 7.33. The number of para-hydroxylation sites is 1. The molecule has 2 aliphatic heterocycles. The summed E-state index contributed by atoms with van der Waals surface area (Å²) < 4.78 is 34.9. The third-order valence-electron chi connectivity index (χ3n) is 4.15. The minimum Gasteiger partial charge on any atom is -0.491 e. The van der Waals surface area contributed by atoms with E-state index in [0.717, 1.165) is 24.2 Å². The van der Waals surface area contributed by atoms with Crippen molar-refractivity contribution in [3.05, 3.63) is 29.8 Å². The smallest absolute Gasteiger partial charge is 0.280 e. The lowest BCUT2D eigenvalue weighted by Crippen LogP contribution is -2.48. The standard InChI is InChI=1S/C14H21N3O3S/c15-8-11-4-3-7-17(9-11)21(18,19)16-13-10-20-14-6-2-1-5-12(13)14/h1-2,5-6,11,13,16H,3-4,7-10,15H2. The van der Waals surface area contributed by atoms with E-state index in [9.17, 15) is 8.42 Å². The zero-order chi connectivity index (χ0) is 14.9. The van der Waals surface area contributed by atoms with Crippen LogP contribution < -0.4 is 15.2 Å². The Morgan fingerprint density at radius 1 is 1.38 bits per heavy atom. The molecule has 0 spiro atoms. The van der Waals surface area contributed by atoms with Crippen LogP contribution in [0.3, 0.4) is 0 Å². The molecular formula is C14H21N3O3S. The van der Waals surface area contributed by atoms with Gasteiger partial charge >= 0.3 is 0 Å². The van der Waals surface area contributed by atoms with Crippen LogP contribution in [0.5, 0.6) is 5.75 Å². The Balaban J connectivity index is 1.72. The van der Waals surface area contributed by atoms with E-state index in [0.29, 0.717) is 26.2 Å². The Kier molecular flexibility index (Phi) is 4.17. The van der Waals surface area contributed by atoms with Crippen molar-refractivity contribution in [3.8, 4) is 5.75 Å². The van der Waals surface area contributed by atoms with Crippen LogP contribution in [0.1, 0.15) is 24.4 Å². The molecule has 0 radical (unpaired) electrons. The number of fused-ring (bicyclic) bond motifs is 1. The van der Waals surface area contributed by atoms with Crippen LogP contribution in [-0.2, 0) is 10.2 Å². The lowest BCUT2D eigenvalue weighted by molar-refractivity contribution is 0.264. The van der Waals surface area contributed by atoms with Crippen molar-refractivity contribution in [1.29, 1.82) is 0 Å². The van der Waals surface area contributed by atoms with Gasteiger partial charge in [-0.15, -0.1) is 0 Å². The highest BCUT2D eigenvalue weighted by molar-refractivity contribution is 7.87. The van der Waals surface area contributed by atoms with E-state index in [1.165, 1.54) is 4.31 Å². The number of nitrogens with two attached hydrogens (primary N) is 1. The van der Waals surface area contributed by atoms with E-state index < -0.39 is 10.2 Å². The number of hydrogen-bond acceptors (Lipinski definition) is 4. The molecule has 21 heavy (non-hydrogen) atoms. The van der Waals surface area contributed by atoms with Gasteiger partial charge in [-0.3, -0.25) is 0 Å². The van der Waals surface area contributed by atoms with E-state index >= 15 is 0 Å². The molecule has 3 N–H and O–H groups in total. The number of piperidine rings is 1. The van der Waals surface area contributed by atoms with Crippen molar-refractivity contribution >= 4 is 10.2 Å². The Bertz CT molecular complexity index is 605. The van der Waals surface area contributed by atoms with Crippen molar-refractivity contribution < 1.29 is 13.2 Å². The average Bonchev–Trinajstić information content (AvgIpc) is 2.90. The van der Waals surface area contributed by atoms with Crippen LogP contribution in [0.4, 0.5) is 0 Å². The molecular weight excluding hydrogens is 290 g/mol. The second-order valence-electron chi connectivity index (χ2n) is 5.63. The van der Waals surface area contributed by atoms with Gasteiger partial charge in [-0.25, -0.2) is 0 Å². The fraction of sp³-hybridized carbons (Fsp3) is 0.571. The molecule has 0 bridgehead atoms. The summed E-state index contributed by atoms with van der Waals surface area (Å²) in [7, 11) is -3.50. The molecule has 1 saturated heterocycles. The molecule has 0 aliphatic carbocycles. The van der Waals surface area contributed by atoms with Gasteiger partial charge in [0.15, 0.2) is 0 Å². The quantitative estimate of drug-likeness (QED) is 0.854. The van der Waals surface area contributed by atoms with Gasteiger partial charge < -0.3 is 10.5 Å². The van der Waals surface area contributed by atoms with Crippen molar-refractivity contribution in [1.82, 2.24) is 9.03 Å². The summed E-state index contributed by atoms with van der Waals surface area (Å²) >= 11 is 0. The topological polar surface area (TPSA) is 84.7 Å². The highest BCUT2D eigenvalue weighted by Gasteiger charge is 2.33. The molecule has 0 saturated carbocycles. The first-order valence-corrected chi connectivity index (χ1v) is 8.73. The lowest BCUT2D eigenvalue weighted by Gasteiger charge is -2.32. The number of nitrogens with zero attached hydrogens (tertiary/aromatic N) is 1. The summed E-state index contributed by atoms with van der Waals surface area (Å²) in [5.41, 5.74) is 6.57. The third-order valence-corrected chi connectivity index (χ3v) is 5.74. The first-order valence-electron chi connectivity index (χ1n) is 7.29. The summed E-state index contributed by atoms with van der Waals surface area (Å²) in [6.45, 7) is 1.93. The van der Waals surface area contributed by atoms with Crippen LogP contribution in [0.25, 0.3) is 0 Å². The maximum Gasteiger partial charge on any atom is 0.280 e. The maximum atomic E-state index is 12.5. The summed E-state index contributed by atoms with van der Waals surface area (Å²) in [4.78, 5) is 0. The Morgan fingerprint density at radius 2 is 2.19 bits per heavy atom. The van der Waals surface area contributed by atoms with Gasteiger partial charge in [0, 0.05) is 18.7 Å². The Labute approximate surface area is 125 Å². The molecule has 2 heterocycles. The van der Waals surface area contributed by atoms with Gasteiger partial charge in [0.05, 0.1) is 6.04 Å². The number of benzene rings is 1. The predicted molar refractivity (Wildman–Crippen MR) is 80.1 cm³/mol. The van der Waals surface area contributed by atoms with E-state index in [1.807, 2.05) is 24.3 Å². The Morgan fingerprint density at radius 3 is 3.00 bits per heavy atom. The van der Waals surface area contributed by atoms with Gasteiger partial charge in [-0.05, 0) is 31.4 Å². The third kappa shape index (κ3) is 3.06. The van der Waals surface area contributed by atoms with Crippen LogP contribution in [0.15, 0.2) is 24.3 Å². The zero-order valence-corrected chi connectivity index (χ0v) is 12.7. The first kappa shape index (κ1) is 14.8. The van der Waals surface area contributed by atoms with Gasteiger partial charge in [0.2, 0.25) is 0 Å². The number of ether oxygens (including phenoxy) is 1. The van der Waals surface area contributed by atoms with E-state index in [2.05, 4.69) is 4.72 Å². The van der Waals surface area contributed by atoms with Crippen molar-refractivity contribution in [3.63, 3.8) is 0 Å². The van der Waals surface area contributed by atoms with Crippen LogP contribution in [-0.4, -0.2) is 39.0 Å². The molecule has 1 aromatic rings. The normalized spacial score (nSPS) is 26.3. The summed E-state index contributed by atoms with van der Waals surface area (Å²) in [5.74, 6) is 1.01. The Hall–Kier alpha value is -1.15. The first-order chi connectivity index (χ1) is 10.1. The highest BCUT2D eigenvalue weighted by Crippen LogP contribution is 2.32. The summed E-state index contributed by atoms with van der Waals surface area (Å²) in [6, 6.07) is 7.21. The van der Waals surface area contributed by atoms with Gasteiger partial charge in [-0.2, -0.15) is 17.4 Å². The molecule has 0 aromatic heterocycles. The largest absolute Gasteiger partial charge is 0.491 e. The van der Waals surface area contributed by atoms with E-state index in [4.69, 9.17) is 10.5 Å². The van der Waals surface area contributed by atoms with Crippen molar-refractivity contribution in [2.75, 3.05) is 26.2 Å². The van der Waals surface area contributed by atoms with Gasteiger partial charge in [0.1, 0.15) is 12.4 Å². The number of nitrogens with one attached hydrogen (secondary N) is 1. The van der Waals surface area contributed by atoms with Crippen molar-refractivity contribution in [2.45, 2.75) is 18.9 Å². The maximum absolute atomic E-state index is 12.5. The zero-order valence-electron chi connectivity index (χ0n) is 11.9. The molecule has 2 atom stereocenters. The highest BCUT2D eigenvalue weighted by atomic mass is 32.2. The molecule has 1 aromatic carbocycles. The molecule has 116 valence electrons. The molecule has 0 amide bonds. The van der Waals surface area contributed by atoms with Gasteiger partial charge in [-0.1, -0.05) is 18.2 Å². The average molecular weight is 311 g/mol. The van der Waals surface area contributed by atoms with Crippen LogP contribution in [0.2, 0.25) is 0 Å². The van der Waals surface area contributed by atoms with E-state index in [1.54, 1.807) is 0 Å². The number of hydrogen-bond donors (Lipinski definition) is 2. The summed E-state index contributed by atoms with van der Waals surface area (Å²) in [5, 5.41) is 0. The predicted octanol–water partition coefficient (Wildman–Crippen LogP) is 0.625. The van der Waals surface area contributed by atoms with Crippen LogP contribution in [0, 0.1) is 5.92 Å². The SMILES string of the molecule is NCC1CCCN(S(=O)(=O)NC2COc3ccccc32)C1. The fourth-order valence-electron chi connectivity index (χ4n) is 2.95.